The quantitative estimate of drug-likeness (QED) is 0.794. The second kappa shape index (κ2) is 7.13. The summed E-state index contributed by atoms with van der Waals surface area (Å²) in [4.78, 5) is 16.3. The third kappa shape index (κ3) is 3.67. The zero-order valence-electron chi connectivity index (χ0n) is 12.7. The Balaban J connectivity index is 2.32. The zero-order valence-corrected chi connectivity index (χ0v) is 12.7. The Kier molecular flexibility index (Phi) is 5.21. The van der Waals surface area contributed by atoms with E-state index in [0.29, 0.717) is 31.0 Å². The van der Waals surface area contributed by atoms with Crippen LogP contribution in [0.1, 0.15) is 42.6 Å². The fourth-order valence-electron chi connectivity index (χ4n) is 1.97. The van der Waals surface area contributed by atoms with Crippen molar-refractivity contribution in [1.82, 2.24) is 20.1 Å². The van der Waals surface area contributed by atoms with Gasteiger partial charge in [0.05, 0.1) is 5.69 Å². The number of rotatable bonds is 6. The van der Waals surface area contributed by atoms with Gasteiger partial charge < -0.3 is 11.1 Å². The Bertz CT molecular complexity index is 653. The lowest BCUT2D eigenvalue weighted by Crippen LogP contribution is -2.27. The zero-order chi connectivity index (χ0) is 16.1. The Morgan fingerprint density at radius 3 is 2.86 bits per heavy atom. The fourth-order valence-corrected chi connectivity index (χ4v) is 1.97. The topological polar surface area (TPSA) is 85.8 Å². The first kappa shape index (κ1) is 16.1. The minimum absolute atomic E-state index is 0.0429. The number of nitrogens with two attached hydrogens (primary N) is 1. The third-order valence-electron chi connectivity index (χ3n) is 3.07. The van der Waals surface area contributed by atoms with Crippen LogP contribution in [0.5, 0.6) is 0 Å². The molecule has 1 heterocycles. The van der Waals surface area contributed by atoms with Crippen LogP contribution >= 0.6 is 0 Å². The van der Waals surface area contributed by atoms with Crippen LogP contribution in [0, 0.1) is 5.82 Å². The minimum atomic E-state index is -0.364. The Hall–Kier alpha value is -2.28. The number of hydrogen-bond acceptors (Lipinski definition) is 4. The third-order valence-corrected chi connectivity index (χ3v) is 3.07. The average molecular weight is 305 g/mol. The molecule has 2 aromatic rings. The number of aromatic nitrogens is 3. The number of nitrogens with one attached hydrogen (secondary N) is 1. The fraction of sp³-hybridized carbons (Fsp3) is 0.400. The van der Waals surface area contributed by atoms with Crippen molar-refractivity contribution in [3.8, 4) is 5.69 Å². The number of hydrogen-bond donors (Lipinski definition) is 2. The summed E-state index contributed by atoms with van der Waals surface area (Å²) in [5.41, 5.74) is 5.93. The second-order valence-corrected chi connectivity index (χ2v) is 5.24. The van der Waals surface area contributed by atoms with Gasteiger partial charge in [0.1, 0.15) is 11.6 Å². The molecule has 0 aliphatic carbocycles. The highest BCUT2D eigenvalue weighted by Crippen LogP contribution is 2.18. The summed E-state index contributed by atoms with van der Waals surface area (Å²) in [5.74, 6) is 0.00285. The number of carbonyl (C=O) groups excluding carboxylic acids is 1. The number of benzene rings is 1. The highest BCUT2D eigenvalue weighted by molar-refractivity contribution is 5.90. The summed E-state index contributed by atoms with van der Waals surface area (Å²) in [6.07, 6.45) is 0.688. The van der Waals surface area contributed by atoms with Crippen molar-refractivity contribution in [3.63, 3.8) is 0 Å². The smallest absolute Gasteiger partial charge is 0.290 e. The molecule has 1 aromatic carbocycles. The molecule has 118 valence electrons. The van der Waals surface area contributed by atoms with Gasteiger partial charge in [-0.15, -0.1) is 5.10 Å². The maximum atomic E-state index is 13.4. The lowest BCUT2D eigenvalue weighted by atomic mass is 10.2. The van der Waals surface area contributed by atoms with E-state index >= 15 is 0 Å². The van der Waals surface area contributed by atoms with Crippen molar-refractivity contribution in [2.45, 2.75) is 26.2 Å². The number of halogens is 1. The van der Waals surface area contributed by atoms with Crippen LogP contribution in [0.15, 0.2) is 24.3 Å². The van der Waals surface area contributed by atoms with Gasteiger partial charge in [-0.3, -0.25) is 4.79 Å². The summed E-state index contributed by atoms with van der Waals surface area (Å²) in [5, 5.41) is 6.93. The lowest BCUT2D eigenvalue weighted by Gasteiger charge is -2.07. The van der Waals surface area contributed by atoms with Gasteiger partial charge in [0.25, 0.3) is 5.91 Å². The normalized spacial score (nSPS) is 11.0. The first-order chi connectivity index (χ1) is 10.5. The SMILES string of the molecule is CC(C)c1nc(C(=O)NCCCN)nn1-c1cccc(F)c1. The van der Waals surface area contributed by atoms with Crippen LogP contribution in [0.3, 0.4) is 0 Å². The molecule has 3 N–H and O–H groups in total. The molecule has 0 aliphatic heterocycles. The van der Waals surface area contributed by atoms with E-state index < -0.39 is 0 Å². The molecule has 0 atom stereocenters. The van der Waals surface area contributed by atoms with Gasteiger partial charge in [-0.2, -0.15) is 0 Å². The molecule has 2 rings (SSSR count). The molecule has 1 amide bonds. The first-order valence-electron chi connectivity index (χ1n) is 7.24. The summed E-state index contributed by atoms with van der Waals surface area (Å²) < 4.78 is 14.9. The van der Waals surface area contributed by atoms with E-state index in [4.69, 9.17) is 5.73 Å². The number of nitrogens with zero attached hydrogens (tertiary/aromatic N) is 3. The summed E-state index contributed by atoms with van der Waals surface area (Å²) in [6.45, 7) is 4.86. The van der Waals surface area contributed by atoms with Crippen molar-refractivity contribution in [3.05, 3.63) is 41.7 Å². The van der Waals surface area contributed by atoms with E-state index in [1.165, 1.54) is 16.8 Å². The van der Waals surface area contributed by atoms with Gasteiger partial charge in [0.15, 0.2) is 0 Å². The summed E-state index contributed by atoms with van der Waals surface area (Å²) in [7, 11) is 0. The summed E-state index contributed by atoms with van der Waals surface area (Å²) in [6, 6.07) is 6.03. The van der Waals surface area contributed by atoms with Gasteiger partial charge >= 0.3 is 0 Å². The Morgan fingerprint density at radius 2 is 2.23 bits per heavy atom. The van der Waals surface area contributed by atoms with Crippen LogP contribution in [0.25, 0.3) is 5.69 Å². The van der Waals surface area contributed by atoms with E-state index in [1.54, 1.807) is 12.1 Å². The minimum Gasteiger partial charge on any atom is -0.349 e. The maximum Gasteiger partial charge on any atom is 0.290 e. The van der Waals surface area contributed by atoms with E-state index in [1.807, 2.05) is 13.8 Å². The molecule has 0 fully saturated rings. The molecule has 0 saturated heterocycles. The van der Waals surface area contributed by atoms with Crippen LogP contribution in [-0.4, -0.2) is 33.8 Å². The molecule has 6 nitrogen and oxygen atoms in total. The highest BCUT2D eigenvalue weighted by atomic mass is 19.1. The Labute approximate surface area is 128 Å². The predicted octanol–water partition coefficient (Wildman–Crippen LogP) is 1.61. The summed E-state index contributed by atoms with van der Waals surface area (Å²) >= 11 is 0. The van der Waals surface area contributed by atoms with Gasteiger partial charge in [-0.25, -0.2) is 14.1 Å². The number of carbonyl (C=O) groups is 1. The average Bonchev–Trinajstić information content (AvgIpc) is 2.93. The standard InChI is InChI=1S/C15H20FN5O/c1-10(2)14-19-13(15(22)18-8-4-7-17)20-21(14)12-6-3-5-11(16)9-12/h3,5-6,9-10H,4,7-8,17H2,1-2H3,(H,18,22). The van der Waals surface area contributed by atoms with Crippen LogP contribution in [0.4, 0.5) is 4.39 Å². The van der Waals surface area contributed by atoms with Gasteiger partial charge in [0, 0.05) is 12.5 Å². The number of amides is 1. The van der Waals surface area contributed by atoms with Gasteiger partial charge in [-0.1, -0.05) is 19.9 Å². The molecule has 0 radical (unpaired) electrons. The first-order valence-corrected chi connectivity index (χ1v) is 7.24. The van der Waals surface area contributed by atoms with Crippen LogP contribution in [-0.2, 0) is 0 Å². The molecule has 0 unspecified atom stereocenters. The van der Waals surface area contributed by atoms with Crippen molar-refractivity contribution in [2.24, 2.45) is 5.73 Å². The van der Waals surface area contributed by atoms with Crippen LogP contribution < -0.4 is 11.1 Å². The largest absolute Gasteiger partial charge is 0.349 e. The van der Waals surface area contributed by atoms with E-state index in [9.17, 15) is 9.18 Å². The van der Waals surface area contributed by atoms with Crippen molar-refractivity contribution < 1.29 is 9.18 Å². The van der Waals surface area contributed by atoms with E-state index in [0.717, 1.165) is 0 Å². The molecular weight excluding hydrogens is 285 g/mol. The predicted molar refractivity (Wildman–Crippen MR) is 81.4 cm³/mol. The van der Waals surface area contributed by atoms with E-state index in [2.05, 4.69) is 15.4 Å². The van der Waals surface area contributed by atoms with Crippen molar-refractivity contribution in [1.29, 1.82) is 0 Å². The monoisotopic (exact) mass is 305 g/mol. The molecule has 0 bridgehead atoms. The van der Waals surface area contributed by atoms with Crippen molar-refractivity contribution in [2.75, 3.05) is 13.1 Å². The van der Waals surface area contributed by atoms with Crippen LogP contribution in [0.2, 0.25) is 0 Å². The second-order valence-electron chi connectivity index (χ2n) is 5.24. The molecule has 1 aromatic heterocycles. The van der Waals surface area contributed by atoms with E-state index in [-0.39, 0.29) is 23.5 Å². The molecule has 0 aliphatic rings. The highest BCUT2D eigenvalue weighted by Gasteiger charge is 2.19. The lowest BCUT2D eigenvalue weighted by molar-refractivity contribution is 0.0943. The molecule has 7 heteroatoms. The maximum absolute atomic E-state index is 13.4. The molecule has 0 saturated carbocycles. The van der Waals surface area contributed by atoms with Gasteiger partial charge in [0.2, 0.25) is 5.82 Å². The molecular formula is C15H20FN5O. The van der Waals surface area contributed by atoms with Crippen molar-refractivity contribution >= 4 is 5.91 Å². The van der Waals surface area contributed by atoms with Gasteiger partial charge in [-0.05, 0) is 31.2 Å². The Morgan fingerprint density at radius 1 is 1.45 bits per heavy atom. The molecule has 22 heavy (non-hydrogen) atoms. The molecule has 0 spiro atoms.